The lowest BCUT2D eigenvalue weighted by atomic mass is 10.1. The van der Waals surface area contributed by atoms with Crippen LogP contribution >= 0.6 is 0 Å². The summed E-state index contributed by atoms with van der Waals surface area (Å²) in [4.78, 5) is 29.1. The molecule has 194 valence electrons. The quantitative estimate of drug-likeness (QED) is 0.473. The molecule has 0 spiro atoms. The Hall–Kier alpha value is -3.49. The molecule has 1 amide bonds. The standard InChI is InChI=1S/C29H36N6O2/c1-37-27-10-8-23(9-11-27)25-21-30-29(31-22-25)32-26-7-4-6-24(20-26)28(36)35-18-16-34(17-19-35)15-5-14-33-12-2-3-13-33/h4,6-11,20-22H,2-3,5,12-19H2,1H3,(H,30,31,32). The van der Waals surface area contributed by atoms with Gasteiger partial charge in [-0.25, -0.2) is 9.97 Å². The fourth-order valence-electron chi connectivity index (χ4n) is 5.07. The molecule has 8 nitrogen and oxygen atoms in total. The number of hydrogen-bond donors (Lipinski definition) is 1. The molecule has 2 aromatic carbocycles. The van der Waals surface area contributed by atoms with Crippen molar-refractivity contribution in [3.63, 3.8) is 0 Å². The minimum Gasteiger partial charge on any atom is -0.497 e. The maximum absolute atomic E-state index is 13.2. The van der Waals surface area contributed by atoms with E-state index in [0.29, 0.717) is 11.5 Å². The van der Waals surface area contributed by atoms with Crippen LogP contribution in [0.15, 0.2) is 60.9 Å². The fourth-order valence-corrected chi connectivity index (χ4v) is 5.07. The van der Waals surface area contributed by atoms with E-state index in [0.717, 1.165) is 55.3 Å². The molecule has 2 aliphatic heterocycles. The first-order valence-corrected chi connectivity index (χ1v) is 13.3. The van der Waals surface area contributed by atoms with Crippen LogP contribution in [0.1, 0.15) is 29.6 Å². The Morgan fingerprint density at radius 1 is 0.865 bits per heavy atom. The second kappa shape index (κ2) is 12.2. The van der Waals surface area contributed by atoms with E-state index < -0.39 is 0 Å². The van der Waals surface area contributed by atoms with Gasteiger partial charge in [-0.1, -0.05) is 18.2 Å². The average molecular weight is 501 g/mol. The van der Waals surface area contributed by atoms with Gasteiger partial charge in [-0.05, 0) is 81.3 Å². The van der Waals surface area contributed by atoms with E-state index in [4.69, 9.17) is 4.74 Å². The monoisotopic (exact) mass is 500 g/mol. The summed E-state index contributed by atoms with van der Waals surface area (Å²) in [6.07, 6.45) is 7.49. The Labute approximate surface area is 219 Å². The van der Waals surface area contributed by atoms with E-state index >= 15 is 0 Å². The SMILES string of the molecule is COc1ccc(-c2cnc(Nc3cccc(C(=O)N4CCN(CCCN5CCCC5)CC4)c3)nc2)cc1. The molecule has 0 radical (unpaired) electrons. The van der Waals surface area contributed by atoms with Gasteiger partial charge in [0, 0.05) is 55.4 Å². The summed E-state index contributed by atoms with van der Waals surface area (Å²) in [5.74, 6) is 1.38. The predicted molar refractivity (Wildman–Crippen MR) is 146 cm³/mol. The van der Waals surface area contributed by atoms with E-state index in [2.05, 4.69) is 25.1 Å². The zero-order valence-corrected chi connectivity index (χ0v) is 21.6. The third kappa shape index (κ3) is 6.64. The summed E-state index contributed by atoms with van der Waals surface area (Å²) in [5, 5.41) is 3.23. The summed E-state index contributed by atoms with van der Waals surface area (Å²) in [6.45, 7) is 8.28. The Morgan fingerprint density at radius 2 is 1.54 bits per heavy atom. The molecule has 1 N–H and O–H groups in total. The van der Waals surface area contributed by atoms with E-state index in [1.165, 1.54) is 38.9 Å². The number of piperazine rings is 1. The number of anilines is 2. The molecule has 2 saturated heterocycles. The number of hydrogen-bond acceptors (Lipinski definition) is 7. The Bertz CT molecular complexity index is 1150. The van der Waals surface area contributed by atoms with E-state index in [9.17, 15) is 4.79 Å². The van der Waals surface area contributed by atoms with Crippen molar-refractivity contribution < 1.29 is 9.53 Å². The number of ether oxygens (including phenoxy) is 1. The summed E-state index contributed by atoms with van der Waals surface area (Å²) in [6, 6.07) is 15.4. The number of carbonyl (C=O) groups excluding carboxylic acids is 1. The van der Waals surface area contributed by atoms with Crippen LogP contribution in [-0.4, -0.2) is 90.0 Å². The highest BCUT2D eigenvalue weighted by atomic mass is 16.5. The molecule has 0 saturated carbocycles. The minimum atomic E-state index is 0.0798. The van der Waals surface area contributed by atoms with Crippen LogP contribution in [0.3, 0.4) is 0 Å². The lowest BCUT2D eigenvalue weighted by molar-refractivity contribution is 0.0633. The first-order chi connectivity index (χ1) is 18.2. The second-order valence-corrected chi connectivity index (χ2v) is 9.77. The van der Waals surface area contributed by atoms with E-state index in [1.54, 1.807) is 19.5 Å². The molecule has 5 rings (SSSR count). The van der Waals surface area contributed by atoms with Crippen molar-refractivity contribution in [1.82, 2.24) is 24.7 Å². The maximum Gasteiger partial charge on any atom is 0.254 e. The van der Waals surface area contributed by atoms with Crippen LogP contribution in [0.2, 0.25) is 0 Å². The molecule has 0 unspecified atom stereocenters. The molecular formula is C29H36N6O2. The summed E-state index contributed by atoms with van der Waals surface area (Å²) >= 11 is 0. The van der Waals surface area contributed by atoms with Crippen molar-refractivity contribution in [3.05, 3.63) is 66.5 Å². The number of carbonyl (C=O) groups is 1. The number of nitrogens with zero attached hydrogens (tertiary/aromatic N) is 5. The van der Waals surface area contributed by atoms with Gasteiger partial charge in [-0.15, -0.1) is 0 Å². The molecule has 37 heavy (non-hydrogen) atoms. The van der Waals surface area contributed by atoms with Crippen LogP contribution in [0.25, 0.3) is 11.1 Å². The highest BCUT2D eigenvalue weighted by molar-refractivity contribution is 5.95. The zero-order chi connectivity index (χ0) is 25.5. The van der Waals surface area contributed by atoms with Crippen LogP contribution in [0, 0.1) is 0 Å². The number of nitrogens with one attached hydrogen (secondary N) is 1. The van der Waals surface area contributed by atoms with Crippen LogP contribution < -0.4 is 10.1 Å². The molecule has 3 heterocycles. The van der Waals surface area contributed by atoms with Crippen molar-refractivity contribution in [2.24, 2.45) is 0 Å². The number of methoxy groups -OCH3 is 1. The molecule has 1 aromatic heterocycles. The topological polar surface area (TPSA) is 73.8 Å². The van der Waals surface area contributed by atoms with Crippen molar-refractivity contribution in [2.75, 3.05) is 64.8 Å². The molecule has 2 fully saturated rings. The van der Waals surface area contributed by atoms with Gasteiger partial charge in [0.25, 0.3) is 5.91 Å². The Balaban J connectivity index is 1.12. The molecule has 2 aliphatic rings. The van der Waals surface area contributed by atoms with Crippen molar-refractivity contribution in [1.29, 1.82) is 0 Å². The van der Waals surface area contributed by atoms with E-state index in [1.807, 2.05) is 53.4 Å². The highest BCUT2D eigenvalue weighted by Gasteiger charge is 2.22. The van der Waals surface area contributed by atoms with Gasteiger partial charge < -0.3 is 19.9 Å². The number of benzene rings is 2. The van der Waals surface area contributed by atoms with Gasteiger partial charge >= 0.3 is 0 Å². The molecular weight excluding hydrogens is 464 g/mol. The van der Waals surface area contributed by atoms with E-state index in [-0.39, 0.29) is 5.91 Å². The number of amides is 1. The van der Waals surface area contributed by atoms with Crippen molar-refractivity contribution >= 4 is 17.5 Å². The molecule has 8 heteroatoms. The third-order valence-corrected chi connectivity index (χ3v) is 7.25. The molecule has 0 bridgehead atoms. The summed E-state index contributed by atoms with van der Waals surface area (Å²) in [5.41, 5.74) is 3.42. The van der Waals surface area contributed by atoms with Gasteiger partial charge in [0.1, 0.15) is 5.75 Å². The fraction of sp³-hybridized carbons (Fsp3) is 0.414. The summed E-state index contributed by atoms with van der Waals surface area (Å²) < 4.78 is 5.22. The molecule has 0 atom stereocenters. The van der Waals surface area contributed by atoms with Gasteiger partial charge in [0.2, 0.25) is 5.95 Å². The minimum absolute atomic E-state index is 0.0798. The predicted octanol–water partition coefficient (Wildman–Crippen LogP) is 4.14. The highest BCUT2D eigenvalue weighted by Crippen LogP contribution is 2.23. The maximum atomic E-state index is 13.2. The van der Waals surface area contributed by atoms with Crippen molar-refractivity contribution in [3.8, 4) is 16.9 Å². The number of aromatic nitrogens is 2. The Morgan fingerprint density at radius 3 is 2.22 bits per heavy atom. The van der Waals surface area contributed by atoms with Crippen LogP contribution in [0.4, 0.5) is 11.6 Å². The van der Waals surface area contributed by atoms with Crippen LogP contribution in [-0.2, 0) is 0 Å². The third-order valence-electron chi connectivity index (χ3n) is 7.25. The van der Waals surface area contributed by atoms with Gasteiger partial charge in [0.15, 0.2) is 0 Å². The molecule has 0 aliphatic carbocycles. The Kier molecular flexibility index (Phi) is 8.28. The van der Waals surface area contributed by atoms with Gasteiger partial charge in [-0.3, -0.25) is 9.69 Å². The van der Waals surface area contributed by atoms with Crippen LogP contribution in [0.5, 0.6) is 5.75 Å². The zero-order valence-electron chi connectivity index (χ0n) is 21.6. The molecule has 3 aromatic rings. The smallest absolute Gasteiger partial charge is 0.254 e. The average Bonchev–Trinajstić information content (AvgIpc) is 3.47. The lowest BCUT2D eigenvalue weighted by Crippen LogP contribution is -2.49. The van der Waals surface area contributed by atoms with Crippen molar-refractivity contribution in [2.45, 2.75) is 19.3 Å². The largest absolute Gasteiger partial charge is 0.497 e. The number of rotatable bonds is 9. The van der Waals surface area contributed by atoms with Gasteiger partial charge in [0.05, 0.1) is 7.11 Å². The summed E-state index contributed by atoms with van der Waals surface area (Å²) in [7, 11) is 1.65. The normalized spacial score (nSPS) is 16.6. The first-order valence-electron chi connectivity index (χ1n) is 13.3. The second-order valence-electron chi connectivity index (χ2n) is 9.77. The van der Waals surface area contributed by atoms with Gasteiger partial charge in [-0.2, -0.15) is 0 Å². The lowest BCUT2D eigenvalue weighted by Gasteiger charge is -2.35. The first kappa shape index (κ1) is 25.2. The number of likely N-dealkylation sites (tertiary alicyclic amines) is 1.